The van der Waals surface area contributed by atoms with Gasteiger partial charge in [-0.3, -0.25) is 0 Å². The summed E-state index contributed by atoms with van der Waals surface area (Å²) >= 11 is 4.50. The van der Waals surface area contributed by atoms with Gasteiger partial charge in [0.05, 0.1) is 0 Å². The first-order valence-electron chi connectivity index (χ1n) is 1.23. The average Bonchev–Trinajstić information content (AvgIpc) is 1.41. The number of halogens is 2. The predicted octanol–water partition coefficient (Wildman–Crippen LogP) is 2.37. The van der Waals surface area contributed by atoms with E-state index in [2.05, 4.69) is 51.3 Å². The highest BCUT2D eigenvalue weighted by molar-refractivity contribution is 14.1. The summed E-state index contributed by atoms with van der Waals surface area (Å²) in [4.78, 5) is 0. The van der Waals surface area contributed by atoms with Gasteiger partial charge in [-0.25, -0.2) is 0 Å². The van der Waals surface area contributed by atoms with Crippen molar-refractivity contribution in [1.82, 2.24) is 0 Å². The second kappa shape index (κ2) is 5.20. The summed E-state index contributed by atoms with van der Waals surface area (Å²) in [6.07, 6.45) is 2.10. The topological polar surface area (TPSA) is 0 Å². The number of hydrogen-bond donors (Lipinski definition) is 0. The fourth-order valence-corrected chi connectivity index (χ4v) is 1.52. The molecular weight excluding hydrogens is 290 g/mol. The van der Waals surface area contributed by atoms with Gasteiger partial charge in [0.25, 0.3) is 0 Å². The summed E-state index contributed by atoms with van der Waals surface area (Å²) in [6, 6.07) is 0. The van der Waals surface area contributed by atoms with Crippen LogP contribution in [0.4, 0.5) is 0 Å². The molecule has 0 saturated heterocycles. The normalized spacial score (nSPS) is 10.0. The second-order valence-electron chi connectivity index (χ2n) is 0.516. The van der Waals surface area contributed by atoms with Crippen LogP contribution >= 0.6 is 45.2 Å². The number of alkyl halides is 1. The van der Waals surface area contributed by atoms with Gasteiger partial charge in [0.15, 0.2) is 0 Å². The molecule has 0 bridgehead atoms. The van der Waals surface area contributed by atoms with Crippen LogP contribution < -0.4 is 0 Å². The molecule has 2 heteroatoms. The van der Waals surface area contributed by atoms with Crippen LogP contribution in [0.1, 0.15) is 0 Å². The Morgan fingerprint density at radius 1 is 1.60 bits per heavy atom. The second-order valence-corrected chi connectivity index (χ2v) is 2.12. The third kappa shape index (κ3) is 5.20. The molecule has 0 aliphatic carbocycles. The van der Waals surface area contributed by atoms with Crippen LogP contribution in [0.2, 0.25) is 0 Å². The van der Waals surface area contributed by atoms with E-state index in [4.69, 9.17) is 0 Å². The largest absolute Gasteiger partial charge is 0.0818 e. The standard InChI is InChI=1S/C3H4I2/c4-2-1-3-5/h1-2H,3H2/b2-1+. The Hall–Kier alpha value is 1.20. The van der Waals surface area contributed by atoms with E-state index in [0.29, 0.717) is 0 Å². The van der Waals surface area contributed by atoms with Gasteiger partial charge in [0, 0.05) is 4.43 Å². The first-order chi connectivity index (χ1) is 2.41. The zero-order valence-electron chi connectivity index (χ0n) is 2.62. The van der Waals surface area contributed by atoms with Gasteiger partial charge in [-0.05, 0) is 4.08 Å². The van der Waals surface area contributed by atoms with E-state index >= 15 is 0 Å². The molecule has 0 atom stereocenters. The minimum atomic E-state index is 1.13. The first kappa shape index (κ1) is 6.20. The predicted molar refractivity (Wildman–Crippen MR) is 42.0 cm³/mol. The Bertz CT molecular complexity index is 31.9. The van der Waals surface area contributed by atoms with Crippen molar-refractivity contribution < 1.29 is 0 Å². The summed E-state index contributed by atoms with van der Waals surface area (Å²) in [5, 5.41) is 0. The van der Waals surface area contributed by atoms with E-state index in [-0.39, 0.29) is 0 Å². The molecule has 0 N–H and O–H groups in total. The lowest BCUT2D eigenvalue weighted by atomic mass is 10.8. The van der Waals surface area contributed by atoms with Crippen molar-refractivity contribution in [3.63, 3.8) is 0 Å². The molecule has 0 aromatic heterocycles. The summed E-state index contributed by atoms with van der Waals surface area (Å²) < 4.78 is 3.14. The van der Waals surface area contributed by atoms with Gasteiger partial charge < -0.3 is 0 Å². The average molecular weight is 294 g/mol. The molecule has 0 rings (SSSR count). The Balaban J connectivity index is 2.62. The van der Waals surface area contributed by atoms with E-state index in [0.717, 1.165) is 4.43 Å². The zero-order valence-corrected chi connectivity index (χ0v) is 6.93. The smallest absolute Gasteiger partial charge is 0.0183 e. The summed E-state index contributed by atoms with van der Waals surface area (Å²) in [6.45, 7) is 0. The fraction of sp³-hybridized carbons (Fsp3) is 0.333. The molecule has 0 fully saturated rings. The third-order valence-electron chi connectivity index (χ3n) is 0.178. The van der Waals surface area contributed by atoms with Crippen LogP contribution in [-0.2, 0) is 0 Å². The van der Waals surface area contributed by atoms with Gasteiger partial charge in [0.1, 0.15) is 0 Å². The summed E-state index contributed by atoms with van der Waals surface area (Å²) in [5.74, 6) is 0. The maximum Gasteiger partial charge on any atom is 0.0183 e. The summed E-state index contributed by atoms with van der Waals surface area (Å²) in [7, 11) is 0. The van der Waals surface area contributed by atoms with Crippen LogP contribution in [0, 0.1) is 0 Å². The summed E-state index contributed by atoms with van der Waals surface area (Å²) in [5.41, 5.74) is 0. The number of hydrogen-bond acceptors (Lipinski definition) is 0. The molecule has 0 aromatic rings. The molecule has 0 saturated carbocycles. The lowest BCUT2D eigenvalue weighted by Gasteiger charge is -1.61. The Morgan fingerprint density at radius 3 is 2.20 bits per heavy atom. The van der Waals surface area contributed by atoms with E-state index in [1.54, 1.807) is 0 Å². The molecule has 0 aliphatic heterocycles. The Kier molecular flexibility index (Phi) is 6.45. The molecular formula is C3H4I2. The molecule has 0 spiro atoms. The van der Waals surface area contributed by atoms with Gasteiger partial charge in [0.2, 0.25) is 0 Å². The van der Waals surface area contributed by atoms with Crippen molar-refractivity contribution in [1.29, 1.82) is 0 Å². The molecule has 0 aliphatic rings. The van der Waals surface area contributed by atoms with Crippen molar-refractivity contribution in [3.05, 3.63) is 10.2 Å². The van der Waals surface area contributed by atoms with E-state index in [9.17, 15) is 0 Å². The van der Waals surface area contributed by atoms with Crippen molar-refractivity contribution in [2.75, 3.05) is 4.43 Å². The maximum absolute atomic E-state index is 2.30. The van der Waals surface area contributed by atoms with Crippen molar-refractivity contribution in [2.24, 2.45) is 0 Å². The lowest BCUT2D eigenvalue weighted by molar-refractivity contribution is 1.90. The number of allylic oxidation sites excluding steroid dienone is 1. The maximum atomic E-state index is 2.30. The quantitative estimate of drug-likeness (QED) is 0.514. The molecule has 0 nitrogen and oxygen atoms in total. The van der Waals surface area contributed by atoms with E-state index < -0.39 is 0 Å². The van der Waals surface area contributed by atoms with Crippen LogP contribution in [0.25, 0.3) is 0 Å². The Morgan fingerprint density at radius 2 is 2.20 bits per heavy atom. The Labute approximate surface area is 59.3 Å². The molecule has 0 heterocycles. The lowest BCUT2D eigenvalue weighted by Crippen LogP contribution is -1.46. The van der Waals surface area contributed by atoms with Gasteiger partial charge in [-0.1, -0.05) is 51.3 Å². The zero-order chi connectivity index (χ0) is 4.12. The molecule has 0 radical (unpaired) electrons. The third-order valence-corrected chi connectivity index (χ3v) is 1.20. The van der Waals surface area contributed by atoms with Crippen molar-refractivity contribution in [3.8, 4) is 0 Å². The highest BCUT2D eigenvalue weighted by atomic mass is 127. The monoisotopic (exact) mass is 294 g/mol. The van der Waals surface area contributed by atoms with Gasteiger partial charge in [-0.15, -0.1) is 0 Å². The first-order valence-corrected chi connectivity index (χ1v) is 4.00. The van der Waals surface area contributed by atoms with Crippen molar-refractivity contribution >= 4 is 45.2 Å². The molecule has 5 heavy (non-hydrogen) atoms. The van der Waals surface area contributed by atoms with E-state index in [1.165, 1.54) is 0 Å². The van der Waals surface area contributed by atoms with Gasteiger partial charge >= 0.3 is 0 Å². The molecule has 0 aromatic carbocycles. The fourth-order valence-electron chi connectivity index (χ4n) is 0.0337. The van der Waals surface area contributed by atoms with Crippen LogP contribution in [-0.4, -0.2) is 4.43 Å². The molecule has 0 amide bonds. The molecule has 0 unspecified atom stereocenters. The van der Waals surface area contributed by atoms with Crippen LogP contribution in [0.3, 0.4) is 0 Å². The minimum Gasteiger partial charge on any atom is -0.0818 e. The number of rotatable bonds is 1. The van der Waals surface area contributed by atoms with Crippen molar-refractivity contribution in [2.45, 2.75) is 0 Å². The SMILES string of the molecule is I/C=C/CI. The highest BCUT2D eigenvalue weighted by Crippen LogP contribution is 1.86. The molecule has 30 valence electrons. The van der Waals surface area contributed by atoms with Crippen LogP contribution in [0.5, 0.6) is 0 Å². The highest BCUT2D eigenvalue weighted by Gasteiger charge is 1.55. The minimum absolute atomic E-state index is 1.13. The van der Waals surface area contributed by atoms with Crippen LogP contribution in [0.15, 0.2) is 10.2 Å². The van der Waals surface area contributed by atoms with E-state index in [1.807, 2.05) is 4.08 Å². The van der Waals surface area contributed by atoms with Gasteiger partial charge in [-0.2, -0.15) is 0 Å².